The molecule has 0 radical (unpaired) electrons. The number of likely N-dealkylation sites (tertiary alicyclic amines) is 2. The van der Waals surface area contributed by atoms with Crippen LogP contribution in [-0.4, -0.2) is 67.5 Å². The van der Waals surface area contributed by atoms with Crippen LogP contribution in [0.3, 0.4) is 0 Å². The fourth-order valence-corrected chi connectivity index (χ4v) is 4.08. The summed E-state index contributed by atoms with van der Waals surface area (Å²) in [6.45, 7) is 5.42. The molecule has 2 saturated heterocycles. The Bertz CT molecular complexity index is 448. The summed E-state index contributed by atoms with van der Waals surface area (Å²) in [4.78, 5) is 20.6. The summed E-state index contributed by atoms with van der Waals surface area (Å²) in [6, 6.07) is 0.885. The summed E-state index contributed by atoms with van der Waals surface area (Å²) in [6.07, 6.45) is 6.79. The van der Waals surface area contributed by atoms with Crippen molar-refractivity contribution < 1.29 is 4.79 Å². The number of hydrogen-bond donors (Lipinski definition) is 2. The Morgan fingerprint density at radius 1 is 1.17 bits per heavy atom. The van der Waals surface area contributed by atoms with E-state index >= 15 is 0 Å². The smallest absolute Gasteiger partial charge is 0.217 e. The zero-order valence-corrected chi connectivity index (χ0v) is 14.3. The largest absolute Gasteiger partial charge is 0.370 e. The molecule has 3 fully saturated rings. The lowest BCUT2D eigenvalue weighted by Gasteiger charge is -2.35. The third-order valence-electron chi connectivity index (χ3n) is 5.45. The highest BCUT2D eigenvalue weighted by molar-refractivity contribution is 5.80. The van der Waals surface area contributed by atoms with Crippen LogP contribution in [0.2, 0.25) is 0 Å². The third-order valence-corrected chi connectivity index (χ3v) is 5.45. The van der Waals surface area contributed by atoms with Crippen molar-refractivity contribution in [2.24, 2.45) is 22.6 Å². The molecule has 2 aliphatic heterocycles. The molecule has 130 valence electrons. The summed E-state index contributed by atoms with van der Waals surface area (Å²) in [5, 5.41) is 3.57. The number of piperidine rings is 1. The van der Waals surface area contributed by atoms with E-state index in [1.54, 1.807) is 0 Å². The number of nitrogens with two attached hydrogens (primary N) is 1. The molecule has 0 bridgehead atoms. The van der Waals surface area contributed by atoms with E-state index in [2.05, 4.69) is 20.1 Å². The summed E-state index contributed by atoms with van der Waals surface area (Å²) < 4.78 is 0. The first-order valence-electron chi connectivity index (χ1n) is 9.13. The second-order valence-corrected chi connectivity index (χ2v) is 7.43. The van der Waals surface area contributed by atoms with Crippen molar-refractivity contribution in [3.05, 3.63) is 0 Å². The number of primary amides is 1. The number of carbonyl (C=O) groups is 1. The molecule has 0 aromatic heterocycles. The Morgan fingerprint density at radius 3 is 2.70 bits per heavy atom. The van der Waals surface area contributed by atoms with Crippen molar-refractivity contribution in [3.63, 3.8) is 0 Å². The molecule has 2 unspecified atom stereocenters. The average Bonchev–Trinajstić information content (AvgIpc) is 3.27. The Hall–Kier alpha value is -1.30. The van der Waals surface area contributed by atoms with E-state index < -0.39 is 0 Å². The van der Waals surface area contributed by atoms with Gasteiger partial charge in [-0.2, -0.15) is 0 Å². The van der Waals surface area contributed by atoms with Gasteiger partial charge in [0.1, 0.15) is 0 Å². The van der Waals surface area contributed by atoms with Crippen molar-refractivity contribution >= 4 is 11.9 Å². The number of aliphatic imine (C=N–C) groups is 1. The van der Waals surface area contributed by atoms with Gasteiger partial charge in [0.25, 0.3) is 0 Å². The van der Waals surface area contributed by atoms with Crippen LogP contribution >= 0.6 is 0 Å². The molecule has 1 aliphatic carbocycles. The number of guanidine groups is 1. The maximum absolute atomic E-state index is 11.2. The minimum Gasteiger partial charge on any atom is -0.370 e. The Morgan fingerprint density at radius 2 is 2.00 bits per heavy atom. The van der Waals surface area contributed by atoms with Crippen molar-refractivity contribution in [2.75, 3.05) is 39.8 Å². The molecular weight excluding hydrogens is 290 g/mol. The molecule has 6 heteroatoms. The Kier molecular flexibility index (Phi) is 5.41. The standard InChI is InChI=1S/C17H31N5O/c1-19-17(22-7-2-3-13(11-22)9-16(18)23)20-10-14-6-8-21(12-14)15-4-5-15/h13-15H,2-12H2,1H3,(H2,18,23)(H,19,20). The lowest BCUT2D eigenvalue weighted by Crippen LogP contribution is -2.48. The van der Waals surface area contributed by atoms with Gasteiger partial charge < -0.3 is 20.9 Å². The third kappa shape index (κ3) is 4.59. The van der Waals surface area contributed by atoms with Crippen molar-refractivity contribution in [1.82, 2.24) is 15.1 Å². The van der Waals surface area contributed by atoms with Crippen LogP contribution in [0, 0.1) is 11.8 Å². The van der Waals surface area contributed by atoms with Gasteiger partial charge in [-0.3, -0.25) is 9.79 Å². The molecule has 0 aromatic carbocycles. The number of nitrogens with zero attached hydrogens (tertiary/aromatic N) is 3. The van der Waals surface area contributed by atoms with Crippen LogP contribution in [0.5, 0.6) is 0 Å². The van der Waals surface area contributed by atoms with Gasteiger partial charge >= 0.3 is 0 Å². The van der Waals surface area contributed by atoms with E-state index in [0.717, 1.165) is 50.4 Å². The quantitative estimate of drug-likeness (QED) is 0.575. The van der Waals surface area contributed by atoms with Crippen LogP contribution in [0.15, 0.2) is 4.99 Å². The fourth-order valence-electron chi connectivity index (χ4n) is 4.08. The van der Waals surface area contributed by atoms with Gasteiger partial charge in [-0.05, 0) is 50.5 Å². The van der Waals surface area contributed by atoms with Gasteiger partial charge in [0.2, 0.25) is 5.91 Å². The number of carbonyl (C=O) groups excluding carboxylic acids is 1. The number of hydrogen-bond acceptors (Lipinski definition) is 3. The van der Waals surface area contributed by atoms with Crippen molar-refractivity contribution in [3.8, 4) is 0 Å². The van der Waals surface area contributed by atoms with E-state index in [9.17, 15) is 4.79 Å². The fraction of sp³-hybridized carbons (Fsp3) is 0.882. The second kappa shape index (κ2) is 7.51. The van der Waals surface area contributed by atoms with E-state index in [1.165, 1.54) is 32.4 Å². The van der Waals surface area contributed by atoms with Gasteiger partial charge in [-0.1, -0.05) is 0 Å². The molecule has 1 saturated carbocycles. The SMILES string of the molecule is CN=C(NCC1CCN(C2CC2)C1)N1CCCC(CC(N)=O)C1. The van der Waals surface area contributed by atoms with Crippen LogP contribution in [-0.2, 0) is 4.79 Å². The molecule has 2 atom stereocenters. The molecule has 0 aromatic rings. The zero-order chi connectivity index (χ0) is 16.2. The van der Waals surface area contributed by atoms with E-state index in [4.69, 9.17) is 5.73 Å². The van der Waals surface area contributed by atoms with E-state index in [-0.39, 0.29) is 5.91 Å². The second-order valence-electron chi connectivity index (χ2n) is 7.43. The summed E-state index contributed by atoms with van der Waals surface area (Å²) in [5.74, 6) is 1.91. The highest BCUT2D eigenvalue weighted by atomic mass is 16.1. The van der Waals surface area contributed by atoms with Gasteiger partial charge in [0.05, 0.1) is 0 Å². The highest BCUT2D eigenvalue weighted by Gasteiger charge is 2.34. The number of amides is 1. The Labute approximate surface area is 139 Å². The van der Waals surface area contributed by atoms with Crippen LogP contribution < -0.4 is 11.1 Å². The average molecular weight is 321 g/mol. The van der Waals surface area contributed by atoms with E-state index in [1.807, 2.05) is 7.05 Å². The van der Waals surface area contributed by atoms with Crippen LogP contribution in [0.1, 0.15) is 38.5 Å². The summed E-state index contributed by atoms with van der Waals surface area (Å²) >= 11 is 0. The molecule has 2 heterocycles. The minimum atomic E-state index is -0.189. The van der Waals surface area contributed by atoms with Gasteiger partial charge in [-0.25, -0.2) is 0 Å². The maximum atomic E-state index is 11.2. The summed E-state index contributed by atoms with van der Waals surface area (Å²) in [5.41, 5.74) is 5.35. The topological polar surface area (TPSA) is 74.0 Å². The van der Waals surface area contributed by atoms with Crippen LogP contribution in [0.4, 0.5) is 0 Å². The molecule has 6 nitrogen and oxygen atoms in total. The van der Waals surface area contributed by atoms with Crippen molar-refractivity contribution in [1.29, 1.82) is 0 Å². The summed E-state index contributed by atoms with van der Waals surface area (Å²) in [7, 11) is 1.85. The monoisotopic (exact) mass is 321 g/mol. The zero-order valence-electron chi connectivity index (χ0n) is 14.3. The number of rotatable bonds is 5. The first-order valence-corrected chi connectivity index (χ1v) is 9.13. The molecule has 23 heavy (non-hydrogen) atoms. The van der Waals surface area contributed by atoms with Gasteiger partial charge in [0.15, 0.2) is 5.96 Å². The first-order chi connectivity index (χ1) is 11.2. The first kappa shape index (κ1) is 16.6. The minimum absolute atomic E-state index is 0.189. The Balaban J connectivity index is 1.44. The molecule has 1 amide bonds. The normalized spacial score (nSPS) is 29.8. The molecular formula is C17H31N5O. The van der Waals surface area contributed by atoms with E-state index in [0.29, 0.717) is 12.3 Å². The van der Waals surface area contributed by atoms with Crippen LogP contribution in [0.25, 0.3) is 0 Å². The number of nitrogens with one attached hydrogen (secondary N) is 1. The van der Waals surface area contributed by atoms with Gasteiger partial charge in [0, 0.05) is 45.7 Å². The van der Waals surface area contributed by atoms with Crippen molar-refractivity contribution in [2.45, 2.75) is 44.6 Å². The van der Waals surface area contributed by atoms with Gasteiger partial charge in [-0.15, -0.1) is 0 Å². The molecule has 3 aliphatic rings. The predicted molar refractivity (Wildman–Crippen MR) is 92.2 cm³/mol. The lowest BCUT2D eigenvalue weighted by molar-refractivity contribution is -0.119. The predicted octanol–water partition coefficient (Wildman–Crippen LogP) is 0.634. The molecule has 0 spiro atoms. The lowest BCUT2D eigenvalue weighted by atomic mass is 9.95. The maximum Gasteiger partial charge on any atom is 0.217 e. The molecule has 3 rings (SSSR count). The highest BCUT2D eigenvalue weighted by Crippen LogP contribution is 2.31. The molecule has 3 N–H and O–H groups in total.